The zero-order chi connectivity index (χ0) is 15.2. The molecule has 1 fully saturated rings. The number of carbonyl (C=O) groups is 1. The quantitative estimate of drug-likeness (QED) is 0.641. The molecule has 0 aliphatic heterocycles. The molecular weight excluding hydrogens is 280 g/mol. The van der Waals surface area contributed by atoms with E-state index in [1.165, 1.54) is 4.31 Å². The third kappa shape index (κ3) is 4.71. The van der Waals surface area contributed by atoms with E-state index in [-0.39, 0.29) is 18.4 Å². The monoisotopic (exact) mass is 306 g/mol. The van der Waals surface area contributed by atoms with Crippen LogP contribution in [0.4, 0.5) is 0 Å². The molecule has 0 spiro atoms. The molecule has 0 saturated heterocycles. The number of carboxylic acids is 1. The van der Waals surface area contributed by atoms with Crippen molar-refractivity contribution in [3.63, 3.8) is 0 Å². The fourth-order valence-electron chi connectivity index (χ4n) is 2.60. The maximum absolute atomic E-state index is 12.3. The van der Waals surface area contributed by atoms with Crippen LogP contribution in [0.15, 0.2) is 0 Å². The number of carboxylic acid groups (broad SMARTS) is 1. The lowest BCUT2D eigenvalue weighted by Crippen LogP contribution is -2.48. The number of aliphatic carboxylic acids is 1. The van der Waals surface area contributed by atoms with Crippen molar-refractivity contribution in [3.05, 3.63) is 0 Å². The Hall–Kier alpha value is -0.660. The first-order chi connectivity index (χ1) is 9.35. The number of hydrogen-bond acceptors (Lipinski definition) is 3. The van der Waals surface area contributed by atoms with Crippen LogP contribution in [0.3, 0.4) is 0 Å². The standard InChI is InChI=1S/C13H26N2O4S/c1-3-8-15(9-4-2)20(18,19)14-11-13(6-5-7-13)10-12(16)17/h14H,3-11H2,1-2H3,(H,16,17). The van der Waals surface area contributed by atoms with Gasteiger partial charge in [0.05, 0.1) is 6.42 Å². The Balaban J connectivity index is 2.62. The summed E-state index contributed by atoms with van der Waals surface area (Å²) in [6.45, 7) is 5.10. The Morgan fingerprint density at radius 1 is 1.25 bits per heavy atom. The molecule has 118 valence electrons. The van der Waals surface area contributed by atoms with Gasteiger partial charge in [-0.1, -0.05) is 20.3 Å². The van der Waals surface area contributed by atoms with Crippen molar-refractivity contribution < 1.29 is 18.3 Å². The Morgan fingerprint density at radius 3 is 2.15 bits per heavy atom. The van der Waals surface area contributed by atoms with Crippen molar-refractivity contribution in [1.82, 2.24) is 9.03 Å². The van der Waals surface area contributed by atoms with Crippen LogP contribution in [0.25, 0.3) is 0 Å². The molecular formula is C13H26N2O4S. The lowest BCUT2D eigenvalue weighted by molar-refractivity contribution is -0.141. The maximum Gasteiger partial charge on any atom is 0.303 e. The van der Waals surface area contributed by atoms with E-state index in [2.05, 4.69) is 4.72 Å². The van der Waals surface area contributed by atoms with E-state index in [9.17, 15) is 13.2 Å². The highest BCUT2D eigenvalue weighted by atomic mass is 32.2. The summed E-state index contributed by atoms with van der Waals surface area (Å²) in [5.41, 5.74) is -0.386. The van der Waals surface area contributed by atoms with Crippen LogP contribution < -0.4 is 4.72 Å². The lowest BCUT2D eigenvalue weighted by Gasteiger charge is -2.41. The Bertz CT molecular complexity index is 412. The molecule has 0 unspecified atom stereocenters. The minimum absolute atomic E-state index is 0.0388. The lowest BCUT2D eigenvalue weighted by atomic mass is 9.67. The molecule has 0 radical (unpaired) electrons. The predicted molar refractivity (Wildman–Crippen MR) is 77.6 cm³/mol. The summed E-state index contributed by atoms with van der Waals surface area (Å²) in [6, 6.07) is 0. The summed E-state index contributed by atoms with van der Waals surface area (Å²) < 4.78 is 28.6. The van der Waals surface area contributed by atoms with Crippen LogP contribution in [0, 0.1) is 5.41 Å². The fraction of sp³-hybridized carbons (Fsp3) is 0.923. The van der Waals surface area contributed by atoms with Crippen molar-refractivity contribution in [2.24, 2.45) is 5.41 Å². The molecule has 1 aliphatic rings. The van der Waals surface area contributed by atoms with Gasteiger partial charge in [0, 0.05) is 19.6 Å². The van der Waals surface area contributed by atoms with Crippen LogP contribution in [0.5, 0.6) is 0 Å². The fourth-order valence-corrected chi connectivity index (χ4v) is 4.12. The summed E-state index contributed by atoms with van der Waals surface area (Å²) in [7, 11) is -3.50. The van der Waals surface area contributed by atoms with Crippen LogP contribution in [-0.2, 0) is 15.0 Å². The van der Waals surface area contributed by atoms with Gasteiger partial charge in [-0.25, -0.2) is 4.72 Å². The number of hydrogen-bond donors (Lipinski definition) is 2. The molecule has 20 heavy (non-hydrogen) atoms. The molecule has 0 bridgehead atoms. The van der Waals surface area contributed by atoms with Crippen LogP contribution in [-0.4, -0.2) is 43.4 Å². The Morgan fingerprint density at radius 2 is 1.80 bits per heavy atom. The molecule has 0 aromatic heterocycles. The molecule has 7 heteroatoms. The number of nitrogens with zero attached hydrogens (tertiary/aromatic N) is 1. The molecule has 1 saturated carbocycles. The van der Waals surface area contributed by atoms with Gasteiger partial charge in [-0.3, -0.25) is 4.79 Å². The molecule has 0 aromatic rings. The first-order valence-corrected chi connectivity index (χ1v) is 8.76. The second kappa shape index (κ2) is 7.38. The summed E-state index contributed by atoms with van der Waals surface area (Å²) in [6.07, 6.45) is 4.11. The predicted octanol–water partition coefficient (Wildman–Crippen LogP) is 1.59. The smallest absolute Gasteiger partial charge is 0.303 e. The summed E-state index contributed by atoms with van der Waals surface area (Å²) in [5.74, 6) is -0.858. The van der Waals surface area contributed by atoms with E-state index in [4.69, 9.17) is 5.11 Å². The summed E-state index contributed by atoms with van der Waals surface area (Å²) in [5, 5.41) is 8.93. The van der Waals surface area contributed by atoms with Crippen molar-refractivity contribution in [3.8, 4) is 0 Å². The molecule has 6 nitrogen and oxygen atoms in total. The largest absolute Gasteiger partial charge is 0.481 e. The molecule has 1 aliphatic carbocycles. The topological polar surface area (TPSA) is 86.7 Å². The second-order valence-electron chi connectivity index (χ2n) is 5.65. The van der Waals surface area contributed by atoms with Gasteiger partial charge in [0.15, 0.2) is 0 Å². The van der Waals surface area contributed by atoms with Gasteiger partial charge in [0.25, 0.3) is 10.2 Å². The van der Waals surface area contributed by atoms with Crippen LogP contribution >= 0.6 is 0 Å². The Kier molecular flexibility index (Phi) is 6.42. The minimum Gasteiger partial charge on any atom is -0.481 e. The number of rotatable bonds is 10. The van der Waals surface area contributed by atoms with Gasteiger partial charge in [-0.15, -0.1) is 0 Å². The van der Waals surface area contributed by atoms with Crippen LogP contribution in [0.2, 0.25) is 0 Å². The highest BCUT2D eigenvalue weighted by Gasteiger charge is 2.40. The van der Waals surface area contributed by atoms with E-state index >= 15 is 0 Å². The molecule has 1 rings (SSSR count). The van der Waals surface area contributed by atoms with Gasteiger partial charge < -0.3 is 5.11 Å². The van der Waals surface area contributed by atoms with Gasteiger partial charge >= 0.3 is 5.97 Å². The molecule has 0 atom stereocenters. The first-order valence-electron chi connectivity index (χ1n) is 7.32. The molecule has 0 heterocycles. The van der Waals surface area contributed by atoms with E-state index in [0.29, 0.717) is 13.1 Å². The van der Waals surface area contributed by atoms with E-state index < -0.39 is 16.2 Å². The van der Waals surface area contributed by atoms with Gasteiger partial charge in [-0.2, -0.15) is 12.7 Å². The van der Waals surface area contributed by atoms with Gasteiger partial charge in [-0.05, 0) is 31.1 Å². The SMILES string of the molecule is CCCN(CCC)S(=O)(=O)NCC1(CC(=O)O)CCC1. The molecule has 2 N–H and O–H groups in total. The number of nitrogens with one attached hydrogen (secondary N) is 1. The average Bonchev–Trinajstić information content (AvgIpc) is 2.32. The van der Waals surface area contributed by atoms with E-state index in [1.807, 2.05) is 13.8 Å². The minimum atomic E-state index is -3.50. The summed E-state index contributed by atoms with van der Waals surface area (Å²) in [4.78, 5) is 10.9. The maximum atomic E-state index is 12.3. The zero-order valence-electron chi connectivity index (χ0n) is 12.4. The highest BCUT2D eigenvalue weighted by Crippen LogP contribution is 2.43. The van der Waals surface area contributed by atoms with Crippen molar-refractivity contribution in [2.45, 2.75) is 52.4 Å². The van der Waals surface area contributed by atoms with Gasteiger partial charge in [0.1, 0.15) is 0 Å². The first kappa shape index (κ1) is 17.4. The second-order valence-corrected chi connectivity index (χ2v) is 7.40. The van der Waals surface area contributed by atoms with Crippen molar-refractivity contribution >= 4 is 16.2 Å². The average molecular weight is 306 g/mol. The van der Waals surface area contributed by atoms with Crippen molar-refractivity contribution in [1.29, 1.82) is 0 Å². The highest BCUT2D eigenvalue weighted by molar-refractivity contribution is 7.87. The Labute approximate surface area is 121 Å². The normalized spacial score (nSPS) is 17.9. The van der Waals surface area contributed by atoms with E-state index in [1.54, 1.807) is 0 Å². The van der Waals surface area contributed by atoms with Crippen molar-refractivity contribution in [2.75, 3.05) is 19.6 Å². The third-order valence-electron chi connectivity index (χ3n) is 3.86. The zero-order valence-corrected chi connectivity index (χ0v) is 13.2. The third-order valence-corrected chi connectivity index (χ3v) is 5.41. The van der Waals surface area contributed by atoms with Crippen LogP contribution in [0.1, 0.15) is 52.4 Å². The molecule has 0 aromatic carbocycles. The molecule has 0 amide bonds. The van der Waals surface area contributed by atoms with Gasteiger partial charge in [0.2, 0.25) is 0 Å². The van der Waals surface area contributed by atoms with E-state index in [0.717, 1.165) is 32.1 Å². The summed E-state index contributed by atoms with van der Waals surface area (Å²) >= 11 is 0.